The van der Waals surface area contributed by atoms with E-state index >= 15 is 0 Å². The molecule has 0 aliphatic heterocycles. The average Bonchev–Trinajstić information content (AvgIpc) is 2.15. The standard InChI is InChI=1S/C13H24O/c1-10(13(2,3)4)12(14)11-8-6-5-7-9-11/h10-11H,5-9H2,1-4H3. The fourth-order valence-electron chi connectivity index (χ4n) is 2.17. The fraction of sp³-hybridized carbons (Fsp3) is 0.923. The van der Waals surface area contributed by atoms with Gasteiger partial charge in [0, 0.05) is 11.8 Å². The number of carbonyl (C=O) groups is 1. The van der Waals surface area contributed by atoms with Crippen LogP contribution < -0.4 is 0 Å². The van der Waals surface area contributed by atoms with Crippen LogP contribution in [-0.4, -0.2) is 5.78 Å². The molecule has 1 heteroatoms. The van der Waals surface area contributed by atoms with Gasteiger partial charge in [-0.25, -0.2) is 0 Å². The summed E-state index contributed by atoms with van der Waals surface area (Å²) in [6, 6.07) is 0. The van der Waals surface area contributed by atoms with Gasteiger partial charge in [-0.2, -0.15) is 0 Å². The zero-order valence-corrected chi connectivity index (χ0v) is 10.1. The number of rotatable bonds is 2. The van der Waals surface area contributed by atoms with Crippen molar-refractivity contribution >= 4 is 5.78 Å². The second-order valence-corrected chi connectivity index (χ2v) is 5.83. The second-order valence-electron chi connectivity index (χ2n) is 5.83. The van der Waals surface area contributed by atoms with Crippen molar-refractivity contribution in [3.63, 3.8) is 0 Å². The molecule has 1 atom stereocenters. The normalized spacial score (nSPS) is 22.0. The first kappa shape index (κ1) is 11.7. The molecule has 82 valence electrons. The zero-order valence-electron chi connectivity index (χ0n) is 10.1. The first-order valence-corrected chi connectivity index (χ1v) is 5.96. The van der Waals surface area contributed by atoms with Crippen molar-refractivity contribution in [2.24, 2.45) is 17.3 Å². The Hall–Kier alpha value is -0.330. The summed E-state index contributed by atoms with van der Waals surface area (Å²) in [5.74, 6) is 1.10. The summed E-state index contributed by atoms with van der Waals surface area (Å²) in [7, 11) is 0. The summed E-state index contributed by atoms with van der Waals surface area (Å²) in [4.78, 5) is 12.1. The van der Waals surface area contributed by atoms with Gasteiger partial charge in [-0.1, -0.05) is 47.0 Å². The summed E-state index contributed by atoms with van der Waals surface area (Å²) in [6.45, 7) is 8.59. The molecule has 0 saturated heterocycles. The lowest BCUT2D eigenvalue weighted by atomic mass is 9.73. The first-order valence-electron chi connectivity index (χ1n) is 5.96. The van der Waals surface area contributed by atoms with Gasteiger partial charge in [0.1, 0.15) is 5.78 Å². The van der Waals surface area contributed by atoms with Crippen LogP contribution in [0.2, 0.25) is 0 Å². The van der Waals surface area contributed by atoms with Crippen LogP contribution in [0.3, 0.4) is 0 Å². The van der Waals surface area contributed by atoms with Crippen LogP contribution in [0, 0.1) is 17.3 Å². The molecule has 0 N–H and O–H groups in total. The summed E-state index contributed by atoms with van der Waals surface area (Å²) in [5, 5.41) is 0. The molecule has 1 rings (SSSR count). The molecule has 14 heavy (non-hydrogen) atoms. The Morgan fingerprint density at radius 1 is 1.14 bits per heavy atom. The molecule has 1 aliphatic carbocycles. The fourth-order valence-corrected chi connectivity index (χ4v) is 2.17. The van der Waals surface area contributed by atoms with E-state index in [1.54, 1.807) is 0 Å². The predicted molar refractivity (Wildman–Crippen MR) is 60.2 cm³/mol. The molecule has 0 heterocycles. The third-order valence-electron chi connectivity index (χ3n) is 3.73. The van der Waals surface area contributed by atoms with E-state index in [1.807, 2.05) is 0 Å². The van der Waals surface area contributed by atoms with Gasteiger partial charge in [-0.15, -0.1) is 0 Å². The lowest BCUT2D eigenvalue weighted by Gasteiger charge is -2.31. The summed E-state index contributed by atoms with van der Waals surface area (Å²) in [5.41, 5.74) is 0.133. The van der Waals surface area contributed by atoms with Gasteiger partial charge in [-0.3, -0.25) is 4.79 Å². The van der Waals surface area contributed by atoms with Gasteiger partial charge in [0.2, 0.25) is 0 Å². The van der Waals surface area contributed by atoms with Crippen molar-refractivity contribution in [3.8, 4) is 0 Å². The minimum absolute atomic E-state index is 0.133. The molecule has 1 nitrogen and oxygen atoms in total. The number of hydrogen-bond acceptors (Lipinski definition) is 1. The van der Waals surface area contributed by atoms with Crippen LogP contribution in [0.5, 0.6) is 0 Å². The first-order chi connectivity index (χ1) is 6.43. The Morgan fingerprint density at radius 3 is 2.07 bits per heavy atom. The zero-order chi connectivity index (χ0) is 10.8. The van der Waals surface area contributed by atoms with Crippen molar-refractivity contribution in [1.82, 2.24) is 0 Å². The van der Waals surface area contributed by atoms with Crippen LogP contribution in [0.25, 0.3) is 0 Å². The van der Waals surface area contributed by atoms with E-state index in [9.17, 15) is 4.79 Å². The van der Waals surface area contributed by atoms with Gasteiger partial charge >= 0.3 is 0 Å². The van der Waals surface area contributed by atoms with Crippen LogP contribution in [0.4, 0.5) is 0 Å². The summed E-state index contributed by atoms with van der Waals surface area (Å²) >= 11 is 0. The minimum Gasteiger partial charge on any atom is -0.299 e. The largest absolute Gasteiger partial charge is 0.299 e. The number of ketones is 1. The van der Waals surface area contributed by atoms with Crippen molar-refractivity contribution < 1.29 is 4.79 Å². The van der Waals surface area contributed by atoms with E-state index in [-0.39, 0.29) is 11.3 Å². The lowest BCUT2D eigenvalue weighted by Crippen LogP contribution is -2.32. The molecule has 1 saturated carbocycles. The highest BCUT2D eigenvalue weighted by molar-refractivity contribution is 5.83. The smallest absolute Gasteiger partial charge is 0.139 e. The molecule has 0 radical (unpaired) electrons. The van der Waals surface area contributed by atoms with E-state index in [4.69, 9.17) is 0 Å². The highest BCUT2D eigenvalue weighted by Gasteiger charge is 2.32. The summed E-state index contributed by atoms with van der Waals surface area (Å²) < 4.78 is 0. The molecule has 0 amide bonds. The lowest BCUT2D eigenvalue weighted by molar-refractivity contribution is -0.130. The molecule has 0 aromatic heterocycles. The highest BCUT2D eigenvalue weighted by atomic mass is 16.1. The third-order valence-corrected chi connectivity index (χ3v) is 3.73. The number of hydrogen-bond donors (Lipinski definition) is 0. The van der Waals surface area contributed by atoms with Crippen LogP contribution in [-0.2, 0) is 4.79 Å². The molecular weight excluding hydrogens is 172 g/mol. The Balaban J connectivity index is 2.55. The second kappa shape index (κ2) is 4.46. The SMILES string of the molecule is CC(C(=O)C1CCCCC1)C(C)(C)C. The molecule has 0 aromatic rings. The van der Waals surface area contributed by atoms with Gasteiger partial charge in [0.15, 0.2) is 0 Å². The van der Waals surface area contributed by atoms with Crippen LogP contribution >= 0.6 is 0 Å². The van der Waals surface area contributed by atoms with Crippen LogP contribution in [0.15, 0.2) is 0 Å². The van der Waals surface area contributed by atoms with E-state index in [1.165, 1.54) is 19.3 Å². The predicted octanol–water partition coefficient (Wildman–Crippen LogP) is 3.82. The maximum absolute atomic E-state index is 12.1. The maximum atomic E-state index is 12.1. The molecule has 1 unspecified atom stereocenters. The Labute approximate surface area is 88.3 Å². The topological polar surface area (TPSA) is 17.1 Å². The number of Topliss-reactive ketones (excluding diaryl/α,β-unsaturated/α-hetero) is 1. The minimum atomic E-state index is 0.133. The van der Waals surface area contributed by atoms with Crippen molar-refractivity contribution in [3.05, 3.63) is 0 Å². The van der Waals surface area contributed by atoms with E-state index in [0.29, 0.717) is 11.7 Å². The Morgan fingerprint density at radius 2 is 1.64 bits per heavy atom. The van der Waals surface area contributed by atoms with E-state index in [2.05, 4.69) is 27.7 Å². The molecular formula is C13H24O. The van der Waals surface area contributed by atoms with Gasteiger partial charge < -0.3 is 0 Å². The molecule has 0 spiro atoms. The molecule has 0 aromatic carbocycles. The Bertz CT molecular complexity index is 194. The quantitative estimate of drug-likeness (QED) is 0.656. The maximum Gasteiger partial charge on any atom is 0.139 e. The molecule has 1 aliphatic rings. The Kier molecular flexibility index (Phi) is 3.74. The monoisotopic (exact) mass is 196 g/mol. The van der Waals surface area contributed by atoms with E-state index < -0.39 is 0 Å². The highest BCUT2D eigenvalue weighted by Crippen LogP contribution is 2.33. The van der Waals surface area contributed by atoms with E-state index in [0.717, 1.165) is 12.8 Å². The summed E-state index contributed by atoms with van der Waals surface area (Å²) in [6.07, 6.45) is 6.12. The average molecular weight is 196 g/mol. The third kappa shape index (κ3) is 2.83. The van der Waals surface area contributed by atoms with Crippen LogP contribution in [0.1, 0.15) is 59.8 Å². The molecule has 0 bridgehead atoms. The molecule has 1 fully saturated rings. The number of carbonyl (C=O) groups excluding carboxylic acids is 1. The van der Waals surface area contributed by atoms with Gasteiger partial charge in [-0.05, 0) is 18.3 Å². The van der Waals surface area contributed by atoms with Gasteiger partial charge in [0.25, 0.3) is 0 Å². The van der Waals surface area contributed by atoms with Crippen molar-refractivity contribution in [2.45, 2.75) is 59.8 Å². The van der Waals surface area contributed by atoms with Crippen molar-refractivity contribution in [1.29, 1.82) is 0 Å². The van der Waals surface area contributed by atoms with Crippen molar-refractivity contribution in [2.75, 3.05) is 0 Å². The van der Waals surface area contributed by atoms with Gasteiger partial charge in [0.05, 0.1) is 0 Å².